The van der Waals surface area contributed by atoms with Gasteiger partial charge in [-0.1, -0.05) is 78.3 Å². The number of hydrogen-bond donors (Lipinski definition) is 0. The zero-order valence-electron chi connectivity index (χ0n) is 12.6. The molecule has 0 spiro atoms. The maximum Gasteiger partial charge on any atom is 0.0672 e. The average Bonchev–Trinajstić information content (AvgIpc) is 3.01. The van der Waals surface area contributed by atoms with Crippen LogP contribution in [0.25, 0.3) is 22.0 Å². The van der Waals surface area contributed by atoms with E-state index in [1.165, 1.54) is 22.1 Å². The Kier molecular flexibility index (Phi) is 3.64. The predicted molar refractivity (Wildman–Crippen MR) is 97.9 cm³/mol. The number of nitrogens with zero attached hydrogens (tertiary/aromatic N) is 1. The summed E-state index contributed by atoms with van der Waals surface area (Å²) in [6.07, 6.45) is 2.11. The smallest absolute Gasteiger partial charge is 0.0672 e. The summed E-state index contributed by atoms with van der Waals surface area (Å²) in [6.45, 7) is 0.804. The maximum atomic E-state index is 6.41. The van der Waals surface area contributed by atoms with E-state index in [1.54, 1.807) is 0 Å². The molecule has 1 heterocycles. The molecule has 0 saturated heterocycles. The van der Waals surface area contributed by atoms with Gasteiger partial charge >= 0.3 is 0 Å². The van der Waals surface area contributed by atoms with Gasteiger partial charge in [-0.05, 0) is 28.8 Å². The first-order valence-corrected chi connectivity index (χ1v) is 8.07. The van der Waals surface area contributed by atoms with Crippen molar-refractivity contribution in [3.8, 4) is 11.1 Å². The molecule has 0 aliphatic rings. The summed E-state index contributed by atoms with van der Waals surface area (Å²) < 4.78 is 2.22. The summed E-state index contributed by atoms with van der Waals surface area (Å²) in [7, 11) is 0. The topological polar surface area (TPSA) is 4.93 Å². The van der Waals surface area contributed by atoms with Crippen LogP contribution in [-0.2, 0) is 6.54 Å². The van der Waals surface area contributed by atoms with E-state index < -0.39 is 0 Å². The molecule has 0 N–H and O–H groups in total. The Labute approximate surface area is 140 Å². The monoisotopic (exact) mass is 317 g/mol. The van der Waals surface area contributed by atoms with Crippen LogP contribution in [0.5, 0.6) is 0 Å². The number of fused-ring (bicyclic) bond motifs is 1. The van der Waals surface area contributed by atoms with Gasteiger partial charge in [0, 0.05) is 18.1 Å². The maximum absolute atomic E-state index is 6.41. The first-order chi connectivity index (χ1) is 11.3. The fourth-order valence-corrected chi connectivity index (χ4v) is 3.38. The summed E-state index contributed by atoms with van der Waals surface area (Å²) in [6, 6.07) is 27.2. The van der Waals surface area contributed by atoms with Crippen molar-refractivity contribution in [1.29, 1.82) is 0 Å². The molecule has 0 unspecified atom stereocenters. The molecule has 0 saturated carbocycles. The normalized spacial score (nSPS) is 11.0. The fraction of sp³-hybridized carbons (Fsp3) is 0.0476. The number of benzene rings is 3. The van der Waals surface area contributed by atoms with Crippen LogP contribution in [0.4, 0.5) is 0 Å². The first-order valence-electron chi connectivity index (χ1n) is 7.69. The third-order valence-electron chi connectivity index (χ3n) is 4.18. The summed E-state index contributed by atoms with van der Waals surface area (Å²) in [5.74, 6) is 0. The van der Waals surface area contributed by atoms with Crippen molar-refractivity contribution < 1.29 is 0 Å². The predicted octanol–water partition coefficient (Wildman–Crippen LogP) is 6.01. The molecule has 2 heteroatoms. The van der Waals surface area contributed by atoms with Crippen LogP contribution in [0.1, 0.15) is 5.56 Å². The molecule has 3 aromatic carbocycles. The Morgan fingerprint density at radius 2 is 1.52 bits per heavy atom. The second-order valence-electron chi connectivity index (χ2n) is 5.64. The van der Waals surface area contributed by atoms with Crippen LogP contribution in [0.2, 0.25) is 5.02 Å². The second-order valence-corrected chi connectivity index (χ2v) is 6.05. The number of para-hydroxylation sites is 1. The highest BCUT2D eigenvalue weighted by Crippen LogP contribution is 2.28. The zero-order chi connectivity index (χ0) is 15.6. The fourth-order valence-electron chi connectivity index (χ4n) is 3.09. The van der Waals surface area contributed by atoms with Gasteiger partial charge in [0.1, 0.15) is 0 Å². The van der Waals surface area contributed by atoms with Gasteiger partial charge in [-0.25, -0.2) is 0 Å². The standard InChI is InChI=1S/C21H16ClN/c22-20-12-6-10-17-13-14-23(21(17)20)15-18-9-4-5-11-19(18)16-7-2-1-3-8-16/h1-14H,15H2. The van der Waals surface area contributed by atoms with Gasteiger partial charge in [0.05, 0.1) is 10.5 Å². The highest BCUT2D eigenvalue weighted by molar-refractivity contribution is 6.35. The van der Waals surface area contributed by atoms with Crippen molar-refractivity contribution in [2.45, 2.75) is 6.54 Å². The number of aromatic nitrogens is 1. The lowest BCUT2D eigenvalue weighted by molar-refractivity contribution is 0.838. The van der Waals surface area contributed by atoms with Gasteiger partial charge in [-0.2, -0.15) is 0 Å². The van der Waals surface area contributed by atoms with E-state index in [2.05, 4.69) is 71.4 Å². The van der Waals surface area contributed by atoms with Crippen LogP contribution in [0, 0.1) is 0 Å². The van der Waals surface area contributed by atoms with Crippen LogP contribution >= 0.6 is 11.6 Å². The minimum atomic E-state index is 0.796. The van der Waals surface area contributed by atoms with Crippen molar-refractivity contribution >= 4 is 22.5 Å². The molecular formula is C21H16ClN. The molecule has 0 atom stereocenters. The van der Waals surface area contributed by atoms with Crippen LogP contribution in [0.3, 0.4) is 0 Å². The van der Waals surface area contributed by atoms with Gasteiger partial charge in [-0.15, -0.1) is 0 Å². The minimum absolute atomic E-state index is 0.796. The second kappa shape index (κ2) is 5.94. The molecule has 0 bridgehead atoms. The van der Waals surface area contributed by atoms with E-state index in [9.17, 15) is 0 Å². The number of rotatable bonds is 3. The van der Waals surface area contributed by atoms with E-state index >= 15 is 0 Å². The lowest BCUT2D eigenvalue weighted by atomic mass is 10.00. The largest absolute Gasteiger partial charge is 0.342 e. The van der Waals surface area contributed by atoms with Gasteiger partial charge in [0.15, 0.2) is 0 Å². The zero-order valence-corrected chi connectivity index (χ0v) is 13.4. The van der Waals surface area contributed by atoms with Gasteiger partial charge in [-0.3, -0.25) is 0 Å². The molecule has 0 aliphatic carbocycles. The van der Waals surface area contributed by atoms with Crippen molar-refractivity contribution in [2.24, 2.45) is 0 Å². The Hall–Kier alpha value is -2.51. The van der Waals surface area contributed by atoms with Crippen LogP contribution in [0.15, 0.2) is 85.1 Å². The molecule has 4 rings (SSSR count). The highest BCUT2D eigenvalue weighted by Gasteiger charge is 2.09. The Bertz CT molecular complexity index is 954. The van der Waals surface area contributed by atoms with E-state index in [-0.39, 0.29) is 0 Å². The van der Waals surface area contributed by atoms with Crippen LogP contribution < -0.4 is 0 Å². The first kappa shape index (κ1) is 14.1. The summed E-state index contributed by atoms with van der Waals surface area (Å²) >= 11 is 6.41. The summed E-state index contributed by atoms with van der Waals surface area (Å²) in [4.78, 5) is 0. The summed E-state index contributed by atoms with van der Waals surface area (Å²) in [5, 5.41) is 1.97. The van der Waals surface area contributed by atoms with E-state index in [1.807, 2.05) is 18.2 Å². The lowest BCUT2D eigenvalue weighted by Gasteiger charge is -2.12. The van der Waals surface area contributed by atoms with Crippen LogP contribution in [-0.4, -0.2) is 4.57 Å². The summed E-state index contributed by atoms with van der Waals surface area (Å²) in [5.41, 5.74) is 4.89. The molecule has 1 nitrogen and oxygen atoms in total. The Morgan fingerprint density at radius 1 is 0.739 bits per heavy atom. The molecule has 4 aromatic rings. The van der Waals surface area contributed by atoms with Crippen molar-refractivity contribution in [3.63, 3.8) is 0 Å². The molecule has 0 fully saturated rings. The molecule has 0 aliphatic heterocycles. The minimum Gasteiger partial charge on any atom is -0.342 e. The van der Waals surface area contributed by atoms with Gasteiger partial charge in [0.25, 0.3) is 0 Å². The van der Waals surface area contributed by atoms with Gasteiger partial charge in [0.2, 0.25) is 0 Å². The SMILES string of the molecule is Clc1cccc2ccn(Cc3ccccc3-c3ccccc3)c12. The number of halogens is 1. The molecule has 23 heavy (non-hydrogen) atoms. The lowest BCUT2D eigenvalue weighted by Crippen LogP contribution is -2.00. The Morgan fingerprint density at radius 3 is 2.39 bits per heavy atom. The quantitative estimate of drug-likeness (QED) is 0.436. The third kappa shape index (κ3) is 2.64. The Balaban J connectivity index is 1.80. The van der Waals surface area contributed by atoms with Gasteiger partial charge < -0.3 is 4.57 Å². The molecule has 112 valence electrons. The molecule has 0 amide bonds. The van der Waals surface area contributed by atoms with E-state index in [4.69, 9.17) is 11.6 Å². The van der Waals surface area contributed by atoms with Crippen molar-refractivity contribution in [1.82, 2.24) is 4.57 Å². The van der Waals surface area contributed by atoms with E-state index in [0.717, 1.165) is 17.1 Å². The average molecular weight is 318 g/mol. The molecule has 1 aromatic heterocycles. The van der Waals surface area contributed by atoms with E-state index in [0.29, 0.717) is 0 Å². The third-order valence-corrected chi connectivity index (χ3v) is 4.49. The van der Waals surface area contributed by atoms with Crippen molar-refractivity contribution in [3.05, 3.63) is 95.6 Å². The number of hydrogen-bond acceptors (Lipinski definition) is 0. The van der Waals surface area contributed by atoms with Crippen molar-refractivity contribution in [2.75, 3.05) is 0 Å². The molecular weight excluding hydrogens is 302 g/mol. The highest BCUT2D eigenvalue weighted by atomic mass is 35.5. The molecule has 0 radical (unpaired) electrons.